The normalized spacial score (nSPS) is 11.6. The van der Waals surface area contributed by atoms with Crippen molar-refractivity contribution in [3.8, 4) is 34.0 Å². The van der Waals surface area contributed by atoms with Gasteiger partial charge in [0.25, 0.3) is 0 Å². The number of benzene rings is 2. The molecule has 7 nitrogen and oxygen atoms in total. The number of aromatic nitrogens is 3. The quantitative estimate of drug-likeness (QED) is 0.377. The second-order valence-corrected chi connectivity index (χ2v) is 10.7. The number of hydrogen-bond acceptors (Lipinski definition) is 6. The SMILES string of the molecule is COc1cc(-c2cncc3cc(-c4ccc(S(C)(=O)=O)cc4)nn23)cc([Se]C)c1OC. The first-order chi connectivity index (χ1) is 14.9. The fourth-order valence-corrected chi connectivity index (χ4v) is 5.28. The summed E-state index contributed by atoms with van der Waals surface area (Å²) < 4.78 is 37.5. The average molecular weight is 502 g/mol. The zero-order valence-electron chi connectivity index (χ0n) is 17.5. The van der Waals surface area contributed by atoms with Crippen molar-refractivity contribution in [1.82, 2.24) is 14.6 Å². The molecule has 0 atom stereocenters. The molecule has 0 amide bonds. The maximum absolute atomic E-state index is 11.7. The van der Waals surface area contributed by atoms with Crippen LogP contribution in [0.4, 0.5) is 0 Å². The van der Waals surface area contributed by atoms with Crippen LogP contribution >= 0.6 is 0 Å². The molecule has 0 radical (unpaired) electrons. The molecule has 4 aromatic rings. The van der Waals surface area contributed by atoms with E-state index in [-0.39, 0.29) is 19.9 Å². The summed E-state index contributed by atoms with van der Waals surface area (Å²) in [7, 11) is 0.0224. The molecule has 0 spiro atoms. The molecule has 0 unspecified atom stereocenters. The van der Waals surface area contributed by atoms with Gasteiger partial charge >= 0.3 is 173 Å². The number of rotatable bonds is 6. The zero-order chi connectivity index (χ0) is 22.2. The molecule has 0 N–H and O–H groups in total. The first-order valence-electron chi connectivity index (χ1n) is 9.30. The molecule has 0 saturated heterocycles. The second kappa shape index (κ2) is 8.34. The number of nitrogens with zero attached hydrogens (tertiary/aromatic N) is 3. The van der Waals surface area contributed by atoms with Crippen LogP contribution in [0.1, 0.15) is 0 Å². The molecule has 0 bridgehead atoms. The van der Waals surface area contributed by atoms with Gasteiger partial charge in [0.1, 0.15) is 0 Å². The molecule has 0 saturated carbocycles. The predicted molar refractivity (Wildman–Crippen MR) is 121 cm³/mol. The summed E-state index contributed by atoms with van der Waals surface area (Å²) in [6.45, 7) is 0. The summed E-state index contributed by atoms with van der Waals surface area (Å²) >= 11 is 0.201. The molecular formula is C22H21N3O4SSe. The number of ether oxygens (including phenoxy) is 2. The third kappa shape index (κ3) is 4.04. The van der Waals surface area contributed by atoms with Gasteiger partial charge in [-0.1, -0.05) is 0 Å². The van der Waals surface area contributed by atoms with Gasteiger partial charge in [-0.3, -0.25) is 0 Å². The van der Waals surface area contributed by atoms with E-state index in [2.05, 4.69) is 16.9 Å². The van der Waals surface area contributed by atoms with Gasteiger partial charge in [0, 0.05) is 6.26 Å². The Kier molecular flexibility index (Phi) is 5.75. The van der Waals surface area contributed by atoms with E-state index in [9.17, 15) is 8.42 Å². The molecule has 0 aliphatic carbocycles. The Morgan fingerprint density at radius 1 is 0.968 bits per heavy atom. The molecule has 0 fully saturated rings. The fraction of sp³-hybridized carbons (Fsp3) is 0.182. The van der Waals surface area contributed by atoms with Crippen LogP contribution in [-0.4, -0.2) is 58.4 Å². The van der Waals surface area contributed by atoms with Crippen LogP contribution in [-0.2, 0) is 9.84 Å². The first kappa shape index (κ1) is 21.4. The van der Waals surface area contributed by atoms with Crippen LogP contribution < -0.4 is 13.9 Å². The van der Waals surface area contributed by atoms with Gasteiger partial charge in [-0.2, -0.15) is 0 Å². The van der Waals surface area contributed by atoms with Crippen molar-refractivity contribution in [3.05, 3.63) is 54.9 Å². The summed E-state index contributed by atoms with van der Waals surface area (Å²) in [5, 5.41) is 4.76. The van der Waals surface area contributed by atoms with Gasteiger partial charge < -0.3 is 0 Å². The van der Waals surface area contributed by atoms with Crippen LogP contribution in [0, 0.1) is 0 Å². The van der Waals surface area contributed by atoms with E-state index in [1.54, 1.807) is 50.9 Å². The summed E-state index contributed by atoms with van der Waals surface area (Å²) in [4.78, 5) is 4.67. The monoisotopic (exact) mass is 503 g/mol. The Morgan fingerprint density at radius 2 is 1.71 bits per heavy atom. The van der Waals surface area contributed by atoms with Crippen LogP contribution in [0.5, 0.6) is 11.5 Å². The minimum atomic E-state index is -3.24. The van der Waals surface area contributed by atoms with E-state index >= 15 is 0 Å². The van der Waals surface area contributed by atoms with Gasteiger partial charge in [0.15, 0.2) is 0 Å². The van der Waals surface area contributed by atoms with E-state index in [0.717, 1.165) is 38.2 Å². The molecule has 0 aliphatic rings. The van der Waals surface area contributed by atoms with Crippen LogP contribution in [0.15, 0.2) is 59.8 Å². The molecular weight excluding hydrogens is 481 g/mol. The zero-order valence-corrected chi connectivity index (χ0v) is 20.0. The molecule has 9 heteroatoms. The van der Waals surface area contributed by atoms with Crippen molar-refractivity contribution in [1.29, 1.82) is 0 Å². The van der Waals surface area contributed by atoms with Gasteiger partial charge in [-0.25, -0.2) is 8.42 Å². The molecule has 0 aliphatic heterocycles. The summed E-state index contributed by atoms with van der Waals surface area (Å²) in [5.74, 6) is 3.54. The molecule has 2 heterocycles. The van der Waals surface area contributed by atoms with E-state index < -0.39 is 9.84 Å². The van der Waals surface area contributed by atoms with E-state index in [1.807, 2.05) is 16.6 Å². The Labute approximate surface area is 187 Å². The summed E-state index contributed by atoms with van der Waals surface area (Å²) in [5.41, 5.74) is 4.14. The van der Waals surface area contributed by atoms with Crippen molar-refractivity contribution >= 4 is 34.8 Å². The molecule has 2 aromatic heterocycles. The van der Waals surface area contributed by atoms with Gasteiger partial charge in [-0.15, -0.1) is 0 Å². The fourth-order valence-electron chi connectivity index (χ4n) is 3.36. The Morgan fingerprint density at radius 3 is 2.32 bits per heavy atom. The number of fused-ring (bicyclic) bond motifs is 1. The van der Waals surface area contributed by atoms with Gasteiger partial charge in [0.05, 0.1) is 0 Å². The molecule has 160 valence electrons. The van der Waals surface area contributed by atoms with Crippen LogP contribution in [0.3, 0.4) is 0 Å². The average Bonchev–Trinajstić information content (AvgIpc) is 3.22. The van der Waals surface area contributed by atoms with Crippen LogP contribution in [0.25, 0.3) is 28.0 Å². The third-order valence-corrected chi connectivity index (χ3v) is 7.59. The van der Waals surface area contributed by atoms with Crippen molar-refractivity contribution in [2.24, 2.45) is 0 Å². The molecule has 2 aromatic carbocycles. The predicted octanol–water partition coefficient (Wildman–Crippen LogP) is 2.86. The van der Waals surface area contributed by atoms with Crippen molar-refractivity contribution < 1.29 is 17.9 Å². The van der Waals surface area contributed by atoms with E-state index in [0.29, 0.717) is 5.75 Å². The standard InChI is InChI=1S/C22H21N3O4SSe/c1-28-20-9-15(10-21(31-4)22(20)29-2)19-13-23-12-16-11-18(24-25(16)19)14-5-7-17(8-6-14)30(3,26)27/h5-13H,1-4H3. The van der Waals surface area contributed by atoms with Crippen LogP contribution in [0.2, 0.25) is 5.82 Å². The molecule has 4 rings (SSSR count). The summed E-state index contributed by atoms with van der Waals surface area (Å²) in [6.07, 6.45) is 4.71. The van der Waals surface area contributed by atoms with Gasteiger partial charge in [-0.05, 0) is 0 Å². The second-order valence-electron chi connectivity index (χ2n) is 6.87. The van der Waals surface area contributed by atoms with Crippen molar-refractivity contribution in [2.45, 2.75) is 10.7 Å². The van der Waals surface area contributed by atoms with E-state index in [4.69, 9.17) is 14.6 Å². The number of sulfone groups is 1. The van der Waals surface area contributed by atoms with Crippen molar-refractivity contribution in [2.75, 3.05) is 20.5 Å². The Hall–Kier alpha value is -2.87. The minimum absolute atomic E-state index is 0.201. The Balaban J connectivity index is 1.84. The number of hydrogen-bond donors (Lipinski definition) is 0. The van der Waals surface area contributed by atoms with Gasteiger partial charge in [0.2, 0.25) is 0 Å². The van der Waals surface area contributed by atoms with E-state index in [1.165, 1.54) is 6.26 Å². The maximum atomic E-state index is 11.7. The Bertz CT molecular complexity index is 1340. The topological polar surface area (TPSA) is 82.8 Å². The third-order valence-electron chi connectivity index (χ3n) is 4.91. The number of methoxy groups -OCH3 is 2. The summed E-state index contributed by atoms with van der Waals surface area (Å²) in [6, 6.07) is 12.7. The first-order valence-corrected chi connectivity index (χ1v) is 13.8. The van der Waals surface area contributed by atoms with Crippen molar-refractivity contribution in [3.63, 3.8) is 0 Å². The molecule has 31 heavy (non-hydrogen) atoms.